The van der Waals surface area contributed by atoms with Crippen LogP contribution in [0.5, 0.6) is 0 Å². The van der Waals surface area contributed by atoms with Gasteiger partial charge in [-0.1, -0.05) is 24.9 Å². The Hall–Kier alpha value is -1.59. The predicted molar refractivity (Wildman–Crippen MR) is 104 cm³/mol. The number of halogens is 1. The van der Waals surface area contributed by atoms with E-state index in [1.54, 1.807) is 0 Å². The lowest BCUT2D eigenvalue weighted by Crippen LogP contribution is -2.36. The molecule has 2 aromatic rings. The highest BCUT2D eigenvalue weighted by molar-refractivity contribution is 6.31. The van der Waals surface area contributed by atoms with Crippen LogP contribution in [0.2, 0.25) is 5.02 Å². The normalized spacial score (nSPS) is 22.8. The minimum Gasteiger partial charge on any atom is -0.381 e. The van der Waals surface area contributed by atoms with Crippen molar-refractivity contribution in [2.24, 2.45) is 11.8 Å². The molecule has 0 aliphatic carbocycles. The number of carbonyl (C=O) groups excluding carboxylic acids is 1. The maximum Gasteiger partial charge on any atom is 0.232 e. The van der Waals surface area contributed by atoms with E-state index in [-0.39, 0.29) is 11.8 Å². The molecule has 1 unspecified atom stereocenters. The van der Waals surface area contributed by atoms with E-state index in [4.69, 9.17) is 21.3 Å². The molecule has 1 amide bonds. The second-order valence-corrected chi connectivity index (χ2v) is 8.03. The molecule has 3 heterocycles. The lowest BCUT2D eigenvalue weighted by molar-refractivity contribution is -0.121. The van der Waals surface area contributed by atoms with Gasteiger partial charge in [-0.2, -0.15) is 0 Å². The predicted octanol–water partition coefficient (Wildman–Crippen LogP) is 4.27. The molecule has 2 aliphatic rings. The van der Waals surface area contributed by atoms with E-state index in [2.05, 4.69) is 4.57 Å². The van der Waals surface area contributed by atoms with Gasteiger partial charge in [-0.3, -0.25) is 9.69 Å². The van der Waals surface area contributed by atoms with E-state index in [1.165, 1.54) is 0 Å². The number of imidazole rings is 1. The lowest BCUT2D eigenvalue weighted by Gasteiger charge is -2.27. The van der Waals surface area contributed by atoms with Crippen molar-refractivity contribution in [2.75, 3.05) is 24.7 Å². The first-order valence-electron chi connectivity index (χ1n) is 9.68. The Balaban J connectivity index is 1.76. The highest BCUT2D eigenvalue weighted by atomic mass is 35.5. The number of ether oxygens (including phenoxy) is 1. The van der Waals surface area contributed by atoms with E-state index < -0.39 is 0 Å². The first-order valence-corrected chi connectivity index (χ1v) is 10.1. The average Bonchev–Trinajstić information content (AvgIpc) is 2.89. The number of hydrogen-bond acceptors (Lipinski definition) is 3. The molecule has 26 heavy (non-hydrogen) atoms. The second-order valence-electron chi connectivity index (χ2n) is 7.60. The van der Waals surface area contributed by atoms with Gasteiger partial charge in [0.05, 0.1) is 11.0 Å². The molecular formula is C20H26ClN3O2. The van der Waals surface area contributed by atoms with Gasteiger partial charge < -0.3 is 9.30 Å². The summed E-state index contributed by atoms with van der Waals surface area (Å²) >= 11 is 6.19. The molecule has 1 aromatic heterocycles. The van der Waals surface area contributed by atoms with Crippen molar-refractivity contribution in [3.8, 4) is 0 Å². The monoisotopic (exact) mass is 375 g/mol. The molecule has 1 aromatic carbocycles. The third-order valence-electron chi connectivity index (χ3n) is 5.67. The molecule has 2 aliphatic heterocycles. The Kier molecular flexibility index (Phi) is 5.18. The first kappa shape index (κ1) is 17.8. The molecule has 0 radical (unpaired) electrons. The highest BCUT2D eigenvalue weighted by Gasteiger charge is 2.29. The van der Waals surface area contributed by atoms with Crippen molar-refractivity contribution in [3.05, 3.63) is 23.2 Å². The molecule has 4 rings (SSSR count). The molecule has 0 bridgehead atoms. The fourth-order valence-corrected chi connectivity index (χ4v) is 4.25. The van der Waals surface area contributed by atoms with Crippen molar-refractivity contribution in [1.82, 2.24) is 9.55 Å². The van der Waals surface area contributed by atoms with Crippen molar-refractivity contribution in [1.29, 1.82) is 0 Å². The number of anilines is 1. The summed E-state index contributed by atoms with van der Waals surface area (Å²) in [6.07, 6.45) is 5.18. The van der Waals surface area contributed by atoms with Crippen LogP contribution >= 0.6 is 11.6 Å². The maximum atomic E-state index is 13.0. The summed E-state index contributed by atoms with van der Waals surface area (Å²) in [5.41, 5.74) is 1.92. The molecule has 2 saturated heterocycles. The van der Waals surface area contributed by atoms with Gasteiger partial charge in [-0.15, -0.1) is 0 Å². The number of hydrogen-bond donors (Lipinski definition) is 0. The third kappa shape index (κ3) is 3.47. The Morgan fingerprint density at radius 1 is 1.23 bits per heavy atom. The molecule has 0 N–H and O–H groups in total. The number of carbonyl (C=O) groups is 1. The summed E-state index contributed by atoms with van der Waals surface area (Å²) in [6, 6.07) is 5.83. The van der Waals surface area contributed by atoms with Crippen molar-refractivity contribution < 1.29 is 9.53 Å². The zero-order valence-electron chi connectivity index (χ0n) is 15.3. The van der Waals surface area contributed by atoms with Gasteiger partial charge in [0.15, 0.2) is 0 Å². The first-order chi connectivity index (χ1) is 12.6. The molecule has 6 heteroatoms. The zero-order chi connectivity index (χ0) is 18.1. The summed E-state index contributed by atoms with van der Waals surface area (Å²) < 4.78 is 7.74. The van der Waals surface area contributed by atoms with E-state index in [9.17, 15) is 4.79 Å². The summed E-state index contributed by atoms with van der Waals surface area (Å²) in [4.78, 5) is 19.7. The topological polar surface area (TPSA) is 47.4 Å². The fourth-order valence-electron chi connectivity index (χ4n) is 4.08. The van der Waals surface area contributed by atoms with E-state index >= 15 is 0 Å². The van der Waals surface area contributed by atoms with Crippen LogP contribution in [0.3, 0.4) is 0 Å². The molecular weight excluding hydrogens is 350 g/mol. The molecule has 140 valence electrons. The van der Waals surface area contributed by atoms with Gasteiger partial charge in [0.2, 0.25) is 11.9 Å². The Labute approximate surface area is 159 Å². The van der Waals surface area contributed by atoms with Crippen LogP contribution in [-0.2, 0) is 16.1 Å². The van der Waals surface area contributed by atoms with Crippen LogP contribution in [-0.4, -0.2) is 35.2 Å². The quantitative estimate of drug-likeness (QED) is 0.804. The number of amides is 1. The van der Waals surface area contributed by atoms with E-state index in [1.807, 2.05) is 30.0 Å². The van der Waals surface area contributed by atoms with Gasteiger partial charge in [0, 0.05) is 37.2 Å². The molecule has 1 atom stereocenters. The van der Waals surface area contributed by atoms with Crippen LogP contribution in [0.15, 0.2) is 18.2 Å². The highest BCUT2D eigenvalue weighted by Crippen LogP contribution is 2.31. The van der Waals surface area contributed by atoms with Crippen LogP contribution in [0.25, 0.3) is 11.0 Å². The maximum absolute atomic E-state index is 13.0. The smallest absolute Gasteiger partial charge is 0.232 e. The molecule has 5 nitrogen and oxygen atoms in total. The second kappa shape index (κ2) is 7.57. The molecule has 2 fully saturated rings. The summed E-state index contributed by atoms with van der Waals surface area (Å²) in [5.74, 6) is 1.58. The number of rotatable bonds is 3. The Morgan fingerprint density at radius 2 is 2.04 bits per heavy atom. The molecule has 0 saturated carbocycles. The standard InChI is InChI=1S/C20H26ClN3O2/c1-14-4-2-3-9-23(19(14)25)20-22-17-12-16(21)5-6-18(17)24(20)13-15-7-10-26-11-8-15/h5-6,12,14-15H,2-4,7-11,13H2,1H3. The Morgan fingerprint density at radius 3 is 2.85 bits per heavy atom. The number of benzene rings is 1. The van der Waals surface area contributed by atoms with E-state index in [0.717, 1.165) is 75.4 Å². The van der Waals surface area contributed by atoms with Gasteiger partial charge in [-0.05, 0) is 49.8 Å². The van der Waals surface area contributed by atoms with Crippen molar-refractivity contribution >= 4 is 34.5 Å². The minimum absolute atomic E-state index is 0.0532. The van der Waals surface area contributed by atoms with Crippen LogP contribution in [0, 0.1) is 11.8 Å². The number of fused-ring (bicyclic) bond motifs is 1. The van der Waals surface area contributed by atoms with Gasteiger partial charge in [-0.25, -0.2) is 4.98 Å². The third-order valence-corrected chi connectivity index (χ3v) is 5.90. The SMILES string of the molecule is CC1CCCCN(c2nc3cc(Cl)ccc3n2CC2CCOCC2)C1=O. The number of nitrogens with zero attached hydrogens (tertiary/aromatic N) is 3. The average molecular weight is 376 g/mol. The molecule has 0 spiro atoms. The Bertz CT molecular complexity index is 798. The van der Waals surface area contributed by atoms with Crippen molar-refractivity contribution in [3.63, 3.8) is 0 Å². The minimum atomic E-state index is 0.0532. The van der Waals surface area contributed by atoms with Crippen LogP contribution in [0.4, 0.5) is 5.95 Å². The summed E-state index contributed by atoms with van der Waals surface area (Å²) in [7, 11) is 0. The van der Waals surface area contributed by atoms with Gasteiger partial charge >= 0.3 is 0 Å². The number of aromatic nitrogens is 2. The zero-order valence-corrected chi connectivity index (χ0v) is 16.0. The van der Waals surface area contributed by atoms with E-state index in [0.29, 0.717) is 10.9 Å². The van der Waals surface area contributed by atoms with Crippen LogP contribution in [0.1, 0.15) is 39.0 Å². The van der Waals surface area contributed by atoms with Crippen molar-refractivity contribution in [2.45, 2.75) is 45.6 Å². The van der Waals surface area contributed by atoms with Gasteiger partial charge in [0.1, 0.15) is 0 Å². The largest absolute Gasteiger partial charge is 0.381 e. The summed E-state index contributed by atoms with van der Waals surface area (Å²) in [5, 5.41) is 0.676. The summed E-state index contributed by atoms with van der Waals surface area (Å²) in [6.45, 7) is 5.28. The fraction of sp³-hybridized carbons (Fsp3) is 0.600. The van der Waals surface area contributed by atoms with Crippen LogP contribution < -0.4 is 4.90 Å². The lowest BCUT2D eigenvalue weighted by atomic mass is 10.0. The van der Waals surface area contributed by atoms with Gasteiger partial charge in [0.25, 0.3) is 0 Å².